The lowest BCUT2D eigenvalue weighted by molar-refractivity contribution is -0.127. The van der Waals surface area contributed by atoms with E-state index in [0.29, 0.717) is 12.2 Å². The highest BCUT2D eigenvalue weighted by Crippen LogP contribution is 2.19. The molecule has 1 aromatic heterocycles. The van der Waals surface area contributed by atoms with E-state index in [9.17, 15) is 9.59 Å². The molecule has 0 aromatic carbocycles. The zero-order valence-corrected chi connectivity index (χ0v) is 11.5. The standard InChI is InChI=1S/C14H19N3O3/c1-15-13(18)12-7-2-3-8-17(12)9-10-5-4-6-11(16-10)14(19)20/h4-6,12H,2-3,7-9H2,1H3,(H,15,18)(H,19,20)/t12-/m1/s1. The van der Waals surface area contributed by atoms with E-state index in [4.69, 9.17) is 5.11 Å². The number of aromatic carboxylic acids is 1. The van der Waals surface area contributed by atoms with Gasteiger partial charge in [-0.25, -0.2) is 9.78 Å². The van der Waals surface area contributed by atoms with Gasteiger partial charge < -0.3 is 10.4 Å². The van der Waals surface area contributed by atoms with Gasteiger partial charge in [-0.05, 0) is 31.5 Å². The Morgan fingerprint density at radius 2 is 2.25 bits per heavy atom. The second-order valence-corrected chi connectivity index (χ2v) is 4.92. The quantitative estimate of drug-likeness (QED) is 0.853. The highest BCUT2D eigenvalue weighted by atomic mass is 16.4. The van der Waals surface area contributed by atoms with Crippen molar-refractivity contribution in [2.45, 2.75) is 31.8 Å². The minimum atomic E-state index is -1.03. The van der Waals surface area contributed by atoms with Crippen LogP contribution < -0.4 is 5.32 Å². The molecule has 2 rings (SSSR count). The lowest BCUT2D eigenvalue weighted by atomic mass is 10.0. The van der Waals surface area contributed by atoms with E-state index in [1.54, 1.807) is 19.2 Å². The first-order chi connectivity index (χ1) is 9.61. The molecule has 0 radical (unpaired) electrons. The molecule has 2 N–H and O–H groups in total. The summed E-state index contributed by atoms with van der Waals surface area (Å²) in [5.41, 5.74) is 0.719. The largest absolute Gasteiger partial charge is 0.477 e. The van der Waals surface area contributed by atoms with Gasteiger partial charge in [-0.15, -0.1) is 0 Å². The number of carboxylic acids is 1. The summed E-state index contributed by atoms with van der Waals surface area (Å²) < 4.78 is 0. The van der Waals surface area contributed by atoms with Crippen molar-refractivity contribution in [2.75, 3.05) is 13.6 Å². The lowest BCUT2D eigenvalue weighted by Crippen LogP contribution is -2.48. The molecule has 0 saturated carbocycles. The summed E-state index contributed by atoms with van der Waals surface area (Å²) >= 11 is 0. The maximum atomic E-state index is 11.9. The van der Waals surface area contributed by atoms with Crippen LogP contribution in [0.2, 0.25) is 0 Å². The minimum Gasteiger partial charge on any atom is -0.477 e. The van der Waals surface area contributed by atoms with Crippen molar-refractivity contribution in [3.8, 4) is 0 Å². The maximum absolute atomic E-state index is 11.9. The molecule has 108 valence electrons. The number of aromatic nitrogens is 1. The van der Waals surface area contributed by atoms with Gasteiger partial charge in [-0.1, -0.05) is 12.5 Å². The molecule has 1 aromatic rings. The SMILES string of the molecule is CNC(=O)[C@H]1CCCCN1Cc1cccc(C(=O)O)n1. The highest BCUT2D eigenvalue weighted by Gasteiger charge is 2.28. The van der Waals surface area contributed by atoms with Gasteiger partial charge in [-0.3, -0.25) is 9.69 Å². The topological polar surface area (TPSA) is 82.5 Å². The highest BCUT2D eigenvalue weighted by molar-refractivity contribution is 5.85. The van der Waals surface area contributed by atoms with E-state index < -0.39 is 5.97 Å². The van der Waals surface area contributed by atoms with Crippen LogP contribution in [0.5, 0.6) is 0 Å². The Morgan fingerprint density at radius 1 is 1.45 bits per heavy atom. The summed E-state index contributed by atoms with van der Waals surface area (Å²) in [6.45, 7) is 1.33. The second-order valence-electron chi connectivity index (χ2n) is 4.92. The van der Waals surface area contributed by atoms with Gasteiger partial charge in [0.2, 0.25) is 5.91 Å². The third kappa shape index (κ3) is 3.33. The number of nitrogens with zero attached hydrogens (tertiary/aromatic N) is 2. The fraction of sp³-hybridized carbons (Fsp3) is 0.500. The second kappa shape index (κ2) is 6.47. The molecule has 1 aliphatic heterocycles. The van der Waals surface area contributed by atoms with Crippen molar-refractivity contribution in [3.63, 3.8) is 0 Å². The predicted molar refractivity (Wildman–Crippen MR) is 73.3 cm³/mol. The van der Waals surface area contributed by atoms with Gasteiger partial charge in [0.05, 0.1) is 11.7 Å². The van der Waals surface area contributed by atoms with E-state index in [2.05, 4.69) is 15.2 Å². The first-order valence-electron chi connectivity index (χ1n) is 6.76. The Bertz CT molecular complexity index is 504. The van der Waals surface area contributed by atoms with Crippen LogP contribution in [0.3, 0.4) is 0 Å². The molecule has 0 unspecified atom stereocenters. The van der Waals surface area contributed by atoms with Crippen LogP contribution in [0.1, 0.15) is 35.4 Å². The molecular weight excluding hydrogens is 258 g/mol. The summed E-state index contributed by atoms with van der Waals surface area (Å²) in [5.74, 6) is -1.02. The average molecular weight is 277 g/mol. The van der Waals surface area contributed by atoms with Crippen molar-refractivity contribution >= 4 is 11.9 Å². The zero-order chi connectivity index (χ0) is 14.5. The number of hydrogen-bond acceptors (Lipinski definition) is 4. The number of rotatable bonds is 4. The number of carbonyl (C=O) groups is 2. The van der Waals surface area contributed by atoms with Gasteiger partial charge in [0.25, 0.3) is 0 Å². The van der Waals surface area contributed by atoms with Gasteiger partial charge in [-0.2, -0.15) is 0 Å². The number of amides is 1. The molecule has 1 atom stereocenters. The number of likely N-dealkylation sites (tertiary alicyclic amines) is 1. The first-order valence-corrected chi connectivity index (χ1v) is 6.76. The summed E-state index contributed by atoms with van der Waals surface area (Å²) in [4.78, 5) is 29.0. The Labute approximate surface area is 117 Å². The van der Waals surface area contributed by atoms with Gasteiger partial charge in [0, 0.05) is 13.6 Å². The number of hydrogen-bond donors (Lipinski definition) is 2. The van der Waals surface area contributed by atoms with Crippen LogP contribution in [0.15, 0.2) is 18.2 Å². The van der Waals surface area contributed by atoms with Gasteiger partial charge in [0.15, 0.2) is 0 Å². The third-order valence-corrected chi connectivity index (χ3v) is 3.55. The monoisotopic (exact) mass is 277 g/mol. The Hall–Kier alpha value is -1.95. The summed E-state index contributed by atoms with van der Waals surface area (Å²) in [5, 5.41) is 11.6. The molecule has 0 bridgehead atoms. The van der Waals surface area contributed by atoms with E-state index in [1.807, 2.05) is 0 Å². The van der Waals surface area contributed by atoms with Crippen LogP contribution in [0.4, 0.5) is 0 Å². The lowest BCUT2D eigenvalue weighted by Gasteiger charge is -2.34. The smallest absolute Gasteiger partial charge is 0.354 e. The predicted octanol–water partition coefficient (Wildman–Crippen LogP) is 0.880. The fourth-order valence-electron chi connectivity index (χ4n) is 2.54. The molecule has 1 saturated heterocycles. The van der Waals surface area contributed by atoms with E-state index >= 15 is 0 Å². The number of nitrogens with one attached hydrogen (secondary N) is 1. The van der Waals surface area contributed by atoms with Crippen molar-refractivity contribution in [1.82, 2.24) is 15.2 Å². The minimum absolute atomic E-state index is 0.0130. The van der Waals surface area contributed by atoms with Crippen LogP contribution >= 0.6 is 0 Å². The van der Waals surface area contributed by atoms with Gasteiger partial charge in [0.1, 0.15) is 5.69 Å². The first kappa shape index (κ1) is 14.5. The molecule has 0 spiro atoms. The number of carboxylic acid groups (broad SMARTS) is 1. The third-order valence-electron chi connectivity index (χ3n) is 3.55. The van der Waals surface area contributed by atoms with Gasteiger partial charge >= 0.3 is 5.97 Å². The van der Waals surface area contributed by atoms with Crippen LogP contribution in [0.25, 0.3) is 0 Å². The normalized spacial score (nSPS) is 19.6. The molecule has 20 heavy (non-hydrogen) atoms. The molecule has 6 heteroatoms. The van der Waals surface area contributed by atoms with Crippen LogP contribution in [-0.4, -0.2) is 46.5 Å². The molecule has 1 amide bonds. The van der Waals surface area contributed by atoms with E-state index in [0.717, 1.165) is 25.8 Å². The molecule has 0 aliphatic carbocycles. The number of piperidine rings is 1. The van der Waals surface area contributed by atoms with Crippen LogP contribution in [-0.2, 0) is 11.3 Å². The molecular formula is C14H19N3O3. The summed E-state index contributed by atoms with van der Waals surface area (Å²) in [6, 6.07) is 4.80. The number of carbonyl (C=O) groups excluding carboxylic acids is 1. The number of pyridine rings is 1. The Balaban J connectivity index is 2.12. The Morgan fingerprint density at radius 3 is 2.95 bits per heavy atom. The van der Waals surface area contributed by atoms with Crippen molar-refractivity contribution in [3.05, 3.63) is 29.6 Å². The van der Waals surface area contributed by atoms with Crippen molar-refractivity contribution in [2.24, 2.45) is 0 Å². The average Bonchev–Trinajstić information content (AvgIpc) is 2.47. The summed E-state index contributed by atoms with van der Waals surface area (Å²) in [6.07, 6.45) is 2.92. The molecule has 2 heterocycles. The summed E-state index contributed by atoms with van der Waals surface area (Å²) in [7, 11) is 1.64. The maximum Gasteiger partial charge on any atom is 0.354 e. The van der Waals surface area contributed by atoms with E-state index in [-0.39, 0.29) is 17.6 Å². The van der Waals surface area contributed by atoms with E-state index in [1.165, 1.54) is 6.07 Å². The molecule has 1 aliphatic rings. The van der Waals surface area contributed by atoms with Crippen molar-refractivity contribution < 1.29 is 14.7 Å². The zero-order valence-electron chi connectivity index (χ0n) is 11.5. The Kier molecular flexibility index (Phi) is 4.68. The fourth-order valence-corrected chi connectivity index (χ4v) is 2.54. The van der Waals surface area contributed by atoms with Crippen molar-refractivity contribution in [1.29, 1.82) is 0 Å². The van der Waals surface area contributed by atoms with Crippen LogP contribution in [0, 0.1) is 0 Å². The molecule has 1 fully saturated rings. The molecule has 6 nitrogen and oxygen atoms in total. The number of likely N-dealkylation sites (N-methyl/N-ethyl adjacent to an activating group) is 1.